The number of benzene rings is 9. The molecule has 0 N–H and O–H groups in total. The molecule has 79 heavy (non-hydrogen) atoms. The fourth-order valence-corrected chi connectivity index (χ4v) is 14.1. The largest absolute Gasteiger partial charge is 0.338 e. The summed E-state index contributed by atoms with van der Waals surface area (Å²) in [5, 5.41) is 27.6. The predicted molar refractivity (Wildman–Crippen MR) is 329 cm³/mol. The number of fused-ring (bicyclic) bond motifs is 15. The van der Waals surface area contributed by atoms with Crippen molar-refractivity contribution in [2.24, 2.45) is 5.92 Å². The molecule has 2 heterocycles. The number of anilines is 5. The van der Waals surface area contributed by atoms with E-state index in [9.17, 15) is 10.5 Å². The quantitative estimate of drug-likeness (QED) is 0.167. The van der Waals surface area contributed by atoms with E-state index >= 15 is 0 Å². The zero-order chi connectivity index (χ0) is 54.1. The molecule has 5 heteroatoms. The average molecular weight is 1020 g/mol. The third kappa shape index (κ3) is 7.25. The van der Waals surface area contributed by atoms with Gasteiger partial charge in [-0.3, -0.25) is 0 Å². The second-order valence-corrected chi connectivity index (χ2v) is 24.7. The van der Waals surface area contributed by atoms with Crippen LogP contribution in [0.5, 0.6) is 0 Å². The Labute approximate surface area is 464 Å². The molecule has 0 bridgehead atoms. The molecule has 9 aromatic carbocycles. The normalized spacial score (nSPS) is 18.4. The molecule has 1 aliphatic heterocycles. The molecular weight excluding hydrogens is 959 g/mol. The van der Waals surface area contributed by atoms with Gasteiger partial charge in [0, 0.05) is 61.6 Å². The molecule has 3 aliphatic carbocycles. The monoisotopic (exact) mass is 1020 g/mol. The molecule has 3 atom stereocenters. The van der Waals surface area contributed by atoms with E-state index in [-0.39, 0.29) is 16.9 Å². The van der Waals surface area contributed by atoms with Crippen molar-refractivity contribution >= 4 is 77.5 Å². The Morgan fingerprint density at radius 3 is 1.68 bits per heavy atom. The number of aromatic nitrogens is 1. The highest BCUT2D eigenvalue weighted by Crippen LogP contribution is 2.66. The number of allylic oxidation sites excluding steroid dienone is 5. The molecule has 0 amide bonds. The fourth-order valence-electron chi connectivity index (χ4n) is 14.1. The summed E-state index contributed by atoms with van der Waals surface area (Å²) in [6.45, 7) is 16.0. The van der Waals surface area contributed by atoms with Crippen molar-refractivity contribution in [2.45, 2.75) is 96.4 Å². The number of para-hydroxylation sites is 2. The summed E-state index contributed by atoms with van der Waals surface area (Å²) in [5.41, 5.74) is 20.2. The second kappa shape index (κ2) is 17.8. The number of rotatable bonds is 6. The molecule has 0 fully saturated rings. The van der Waals surface area contributed by atoms with E-state index in [0.717, 1.165) is 59.4 Å². The van der Waals surface area contributed by atoms with E-state index in [1.807, 2.05) is 12.1 Å². The van der Waals surface area contributed by atoms with Crippen LogP contribution in [0.25, 0.3) is 60.2 Å². The van der Waals surface area contributed by atoms with Gasteiger partial charge in [-0.2, -0.15) is 10.5 Å². The highest BCUT2D eigenvalue weighted by atomic mass is 15.2. The third-order valence-corrected chi connectivity index (χ3v) is 17.9. The molecule has 5 nitrogen and oxygen atoms in total. The maximum absolute atomic E-state index is 10.2. The van der Waals surface area contributed by atoms with E-state index in [1.165, 1.54) is 93.9 Å². The van der Waals surface area contributed by atoms with Gasteiger partial charge in [-0.25, -0.2) is 0 Å². The molecule has 0 saturated heterocycles. The summed E-state index contributed by atoms with van der Waals surface area (Å²) in [6, 6.07) is 71.1. The number of hydrogen-bond donors (Lipinski definition) is 0. The van der Waals surface area contributed by atoms with Crippen LogP contribution in [-0.4, -0.2) is 10.6 Å². The zero-order valence-electron chi connectivity index (χ0n) is 46.2. The fraction of sp³-hybridized carbons (Fsp3) is 0.216. The van der Waals surface area contributed by atoms with Crippen molar-refractivity contribution in [3.05, 3.63) is 239 Å². The van der Waals surface area contributed by atoms with Crippen LogP contribution in [0.3, 0.4) is 0 Å². The lowest BCUT2D eigenvalue weighted by atomic mass is 9.63. The lowest BCUT2D eigenvalue weighted by molar-refractivity contribution is 0.580. The van der Waals surface area contributed by atoms with Crippen LogP contribution >= 0.6 is 0 Å². The second-order valence-electron chi connectivity index (χ2n) is 24.7. The van der Waals surface area contributed by atoms with Gasteiger partial charge in [-0.15, -0.1) is 0 Å². The standard InChI is InChI=1S/C74H63N5/c1-46-23-40-61-68(41-46)79-65-22-13-12-17-57(65)60-20-14-21-62(71(60)79)74(61)63-42-66(77(51-32-24-47(44-75)25-33-51)53-36-28-49(29-37-53)72(2,3)4)55-15-8-10-18-58(55)69(63)70-59-19-11-9-16-56(59)67(43-64(70)74)78(52-34-26-48(45-76)27-35-52)54-38-30-50(31-39-54)73(5,6)7/h8-26,28-33,36-40,42-43,46,52H,27,34-35,41H2,1-7H3. The first kappa shape index (κ1) is 48.5. The highest BCUT2D eigenvalue weighted by Gasteiger charge is 2.54. The van der Waals surface area contributed by atoms with Gasteiger partial charge in [-0.1, -0.05) is 176 Å². The van der Waals surface area contributed by atoms with Crippen molar-refractivity contribution in [1.29, 1.82) is 10.5 Å². The summed E-state index contributed by atoms with van der Waals surface area (Å²) in [7, 11) is 0. The minimum absolute atomic E-state index is 0.00879. The average Bonchev–Trinajstić information content (AvgIpc) is 1.91. The van der Waals surface area contributed by atoms with Crippen LogP contribution in [0.1, 0.15) is 108 Å². The van der Waals surface area contributed by atoms with E-state index in [4.69, 9.17) is 0 Å². The minimum atomic E-state index is -0.785. The van der Waals surface area contributed by atoms with E-state index in [1.54, 1.807) is 0 Å². The number of nitriles is 2. The van der Waals surface area contributed by atoms with Crippen molar-refractivity contribution < 1.29 is 0 Å². The van der Waals surface area contributed by atoms with Crippen LogP contribution in [0.2, 0.25) is 0 Å². The van der Waals surface area contributed by atoms with Crippen molar-refractivity contribution in [1.82, 2.24) is 4.57 Å². The highest BCUT2D eigenvalue weighted by molar-refractivity contribution is 6.20. The molecule has 0 radical (unpaired) electrons. The first-order valence-electron chi connectivity index (χ1n) is 28.3. The van der Waals surface area contributed by atoms with E-state index < -0.39 is 5.41 Å². The van der Waals surface area contributed by atoms with Crippen molar-refractivity contribution in [3.63, 3.8) is 0 Å². The SMILES string of the molecule is CC1C=CC2=C(C1)n1c3ccccc3c3cccc(c31)C21c2cc(N(c3ccc(C#N)cc3)c3ccc(C(C)(C)C)cc3)c3ccccc3c2-c2c1cc(N(c1ccc(C(C)(C)C)cc1)C1CC=C(C#N)CC1)c1ccccc21. The van der Waals surface area contributed by atoms with Gasteiger partial charge in [-0.05, 0) is 164 Å². The molecule has 1 spiro atoms. The van der Waals surface area contributed by atoms with Crippen LogP contribution in [0, 0.1) is 28.6 Å². The summed E-state index contributed by atoms with van der Waals surface area (Å²) in [6.07, 6.45) is 10.4. The molecule has 0 saturated carbocycles. The maximum atomic E-state index is 10.2. The predicted octanol–water partition coefficient (Wildman–Crippen LogP) is 19.3. The Hall–Kier alpha value is -8.90. The molecule has 4 aliphatic rings. The Morgan fingerprint density at radius 1 is 0.557 bits per heavy atom. The first-order valence-corrected chi connectivity index (χ1v) is 28.3. The van der Waals surface area contributed by atoms with Gasteiger partial charge in [0.25, 0.3) is 0 Å². The van der Waals surface area contributed by atoms with Gasteiger partial charge in [0.05, 0.1) is 39.8 Å². The molecule has 10 aromatic rings. The summed E-state index contributed by atoms with van der Waals surface area (Å²) < 4.78 is 2.63. The van der Waals surface area contributed by atoms with Crippen molar-refractivity contribution in [3.8, 4) is 23.3 Å². The number of nitrogens with zero attached hydrogens (tertiary/aromatic N) is 5. The van der Waals surface area contributed by atoms with Crippen LogP contribution in [0.4, 0.5) is 28.4 Å². The molecule has 14 rings (SSSR count). The molecule has 3 unspecified atom stereocenters. The summed E-state index contributed by atoms with van der Waals surface area (Å²) >= 11 is 0. The number of hydrogen-bond acceptors (Lipinski definition) is 4. The van der Waals surface area contributed by atoms with Crippen LogP contribution < -0.4 is 9.80 Å². The lowest BCUT2D eigenvalue weighted by Crippen LogP contribution is -2.36. The van der Waals surface area contributed by atoms with Gasteiger partial charge in [0.15, 0.2) is 0 Å². The van der Waals surface area contributed by atoms with E-state index in [0.29, 0.717) is 11.5 Å². The van der Waals surface area contributed by atoms with Crippen LogP contribution in [-0.2, 0) is 16.2 Å². The zero-order valence-corrected chi connectivity index (χ0v) is 46.2. The Morgan fingerprint density at radius 2 is 1.10 bits per heavy atom. The van der Waals surface area contributed by atoms with Gasteiger partial charge >= 0.3 is 0 Å². The topological polar surface area (TPSA) is 59.0 Å². The van der Waals surface area contributed by atoms with Crippen LogP contribution in [0.15, 0.2) is 205 Å². The van der Waals surface area contributed by atoms with E-state index in [2.05, 4.69) is 257 Å². The summed E-state index contributed by atoms with van der Waals surface area (Å²) in [5.74, 6) is 0.323. The molecular formula is C74H63N5. The Bertz CT molecular complexity index is 4360. The molecule has 1 aromatic heterocycles. The maximum Gasteiger partial charge on any atom is 0.0991 e. The Balaban J connectivity index is 1.15. The lowest BCUT2D eigenvalue weighted by Gasteiger charge is -2.43. The van der Waals surface area contributed by atoms with Crippen molar-refractivity contribution in [2.75, 3.05) is 9.80 Å². The van der Waals surface area contributed by atoms with Gasteiger partial charge in [0.1, 0.15) is 0 Å². The third-order valence-electron chi connectivity index (χ3n) is 17.9. The minimum Gasteiger partial charge on any atom is -0.338 e. The molecule has 384 valence electrons. The Kier molecular flexibility index (Phi) is 10.9. The first-order chi connectivity index (χ1) is 38.3. The summed E-state index contributed by atoms with van der Waals surface area (Å²) in [4.78, 5) is 5.07. The smallest absolute Gasteiger partial charge is 0.0991 e. The van der Waals surface area contributed by atoms with Gasteiger partial charge in [0.2, 0.25) is 0 Å². The van der Waals surface area contributed by atoms with Gasteiger partial charge < -0.3 is 14.4 Å².